The van der Waals surface area contributed by atoms with Crippen LogP contribution in [0.5, 0.6) is 0 Å². The molecule has 35 heavy (non-hydrogen) atoms. The lowest BCUT2D eigenvalue weighted by Crippen LogP contribution is -2.13. The normalized spacial score (nSPS) is 13.2. The van der Waals surface area contributed by atoms with Crippen molar-refractivity contribution in [3.05, 3.63) is 93.0 Å². The molecule has 0 aliphatic heterocycles. The van der Waals surface area contributed by atoms with E-state index in [2.05, 4.69) is 40.2 Å². The molecule has 1 N–H and O–H groups in total. The second-order valence-electron chi connectivity index (χ2n) is 8.74. The van der Waals surface area contributed by atoms with Crippen LogP contribution < -0.4 is 5.32 Å². The minimum absolute atomic E-state index is 0.0194. The molecule has 0 saturated carbocycles. The topological polar surface area (TPSA) is 81.6 Å². The van der Waals surface area contributed by atoms with E-state index in [-0.39, 0.29) is 5.57 Å². The zero-order valence-electron chi connectivity index (χ0n) is 19.5. The van der Waals surface area contributed by atoms with Gasteiger partial charge in [0.05, 0.1) is 5.56 Å². The molecule has 1 amide bonds. The second kappa shape index (κ2) is 9.62. The SMILES string of the molecule is Cc1c(C=C(C#N)C(=O)Nc2sc3c(c2C#N)CCCC3)c2ccccc2n1Cc1ccccc1. The fourth-order valence-electron chi connectivity index (χ4n) is 4.85. The highest BCUT2D eigenvalue weighted by Gasteiger charge is 2.23. The van der Waals surface area contributed by atoms with Crippen molar-refractivity contribution in [2.45, 2.75) is 39.2 Å². The van der Waals surface area contributed by atoms with Gasteiger partial charge in [0, 0.05) is 33.6 Å². The van der Waals surface area contributed by atoms with Gasteiger partial charge in [-0.05, 0) is 55.9 Å². The number of nitriles is 2. The number of hydrogen-bond acceptors (Lipinski definition) is 4. The molecule has 6 heteroatoms. The minimum atomic E-state index is -0.484. The largest absolute Gasteiger partial charge is 0.340 e. The summed E-state index contributed by atoms with van der Waals surface area (Å²) >= 11 is 1.46. The Morgan fingerprint density at radius 3 is 2.60 bits per heavy atom. The number of amides is 1. The van der Waals surface area contributed by atoms with Crippen LogP contribution in [0.2, 0.25) is 0 Å². The molecule has 5 nitrogen and oxygen atoms in total. The summed E-state index contributed by atoms with van der Waals surface area (Å²) in [5.41, 5.74) is 5.69. The van der Waals surface area contributed by atoms with Crippen LogP contribution in [0.25, 0.3) is 17.0 Å². The molecule has 4 aromatic rings. The highest BCUT2D eigenvalue weighted by atomic mass is 32.1. The number of fused-ring (bicyclic) bond motifs is 2. The third-order valence-electron chi connectivity index (χ3n) is 6.63. The quantitative estimate of drug-likeness (QED) is 0.269. The number of rotatable bonds is 5. The Bertz CT molecular complexity index is 1540. The van der Waals surface area contributed by atoms with Gasteiger partial charge in [-0.15, -0.1) is 11.3 Å². The van der Waals surface area contributed by atoms with Crippen LogP contribution in [0, 0.1) is 29.6 Å². The lowest BCUT2D eigenvalue weighted by atomic mass is 9.96. The first-order chi connectivity index (χ1) is 17.1. The van der Waals surface area contributed by atoms with Crippen molar-refractivity contribution in [3.8, 4) is 12.1 Å². The molecule has 1 aliphatic rings. The maximum Gasteiger partial charge on any atom is 0.266 e. The van der Waals surface area contributed by atoms with E-state index in [9.17, 15) is 15.3 Å². The Hall–Kier alpha value is -4.13. The minimum Gasteiger partial charge on any atom is -0.340 e. The van der Waals surface area contributed by atoms with Crippen LogP contribution in [-0.2, 0) is 24.2 Å². The number of para-hydroxylation sites is 1. The van der Waals surface area contributed by atoms with Gasteiger partial charge in [-0.2, -0.15) is 10.5 Å². The van der Waals surface area contributed by atoms with Gasteiger partial charge in [-0.25, -0.2) is 0 Å². The molecule has 2 aromatic heterocycles. The van der Waals surface area contributed by atoms with Gasteiger partial charge in [0.1, 0.15) is 22.7 Å². The van der Waals surface area contributed by atoms with E-state index >= 15 is 0 Å². The van der Waals surface area contributed by atoms with Crippen molar-refractivity contribution in [2.24, 2.45) is 0 Å². The number of aromatic nitrogens is 1. The molecule has 5 rings (SSSR count). The van der Waals surface area contributed by atoms with Crippen LogP contribution in [0.4, 0.5) is 5.00 Å². The lowest BCUT2D eigenvalue weighted by Gasteiger charge is -2.09. The van der Waals surface area contributed by atoms with Crippen LogP contribution in [-0.4, -0.2) is 10.5 Å². The number of thiophene rings is 1. The summed E-state index contributed by atoms with van der Waals surface area (Å²) in [6.45, 7) is 2.71. The van der Waals surface area contributed by atoms with Gasteiger partial charge in [0.2, 0.25) is 0 Å². The molecule has 0 fully saturated rings. The maximum atomic E-state index is 13.2. The molecule has 1 aliphatic carbocycles. The number of anilines is 1. The predicted octanol–water partition coefficient (Wildman–Crippen LogP) is 6.36. The molecule has 0 unspecified atom stereocenters. The monoisotopic (exact) mass is 476 g/mol. The summed E-state index contributed by atoms with van der Waals surface area (Å²) in [7, 11) is 0. The van der Waals surface area contributed by atoms with Crippen molar-refractivity contribution >= 4 is 39.2 Å². The second-order valence-corrected chi connectivity index (χ2v) is 9.84. The van der Waals surface area contributed by atoms with Gasteiger partial charge in [-0.3, -0.25) is 4.79 Å². The van der Waals surface area contributed by atoms with Gasteiger partial charge in [-0.1, -0.05) is 48.5 Å². The average molecular weight is 477 g/mol. The van der Waals surface area contributed by atoms with E-state index < -0.39 is 5.91 Å². The van der Waals surface area contributed by atoms with Crippen LogP contribution in [0.3, 0.4) is 0 Å². The fourth-order valence-corrected chi connectivity index (χ4v) is 6.08. The molecule has 2 aromatic carbocycles. The van der Waals surface area contributed by atoms with Crippen LogP contribution in [0.15, 0.2) is 60.2 Å². The smallest absolute Gasteiger partial charge is 0.266 e. The Labute approximate surface area is 208 Å². The Kier molecular flexibility index (Phi) is 6.23. The molecular formula is C29H24N4OS. The molecule has 0 atom stereocenters. The maximum absolute atomic E-state index is 13.2. The summed E-state index contributed by atoms with van der Waals surface area (Å²) in [5, 5.41) is 24.0. The van der Waals surface area contributed by atoms with Gasteiger partial charge >= 0.3 is 0 Å². The number of carbonyl (C=O) groups excluding carboxylic acids is 1. The summed E-state index contributed by atoms with van der Waals surface area (Å²) in [6.07, 6.45) is 5.63. The molecule has 2 heterocycles. The van der Waals surface area contributed by atoms with Gasteiger partial charge < -0.3 is 9.88 Å². The van der Waals surface area contributed by atoms with Gasteiger partial charge in [0.25, 0.3) is 5.91 Å². The Morgan fingerprint density at radius 2 is 1.83 bits per heavy atom. The number of aryl methyl sites for hydroxylation is 1. The predicted molar refractivity (Wildman–Crippen MR) is 140 cm³/mol. The average Bonchev–Trinajstić information content (AvgIpc) is 3.37. The number of nitrogens with zero attached hydrogens (tertiary/aromatic N) is 3. The first-order valence-corrected chi connectivity index (χ1v) is 12.5. The standard InChI is InChI=1S/C29H24N4OS/c1-19-24(22-11-5-7-13-26(22)33(19)18-20-9-3-2-4-10-20)15-21(16-30)28(34)32-29-25(17-31)23-12-6-8-14-27(23)35-29/h2-5,7,9-11,13,15H,6,8,12,14,18H2,1H3,(H,32,34). The number of hydrogen-bond donors (Lipinski definition) is 1. The van der Waals surface area contributed by atoms with E-state index in [0.717, 1.165) is 53.4 Å². The molecule has 0 radical (unpaired) electrons. The summed E-state index contributed by atoms with van der Waals surface area (Å²) < 4.78 is 2.21. The zero-order chi connectivity index (χ0) is 24.4. The zero-order valence-corrected chi connectivity index (χ0v) is 20.3. The van der Waals surface area contributed by atoms with Crippen molar-refractivity contribution in [3.63, 3.8) is 0 Å². The van der Waals surface area contributed by atoms with Gasteiger partial charge in [0.15, 0.2) is 0 Å². The third-order valence-corrected chi connectivity index (χ3v) is 7.83. The molecule has 172 valence electrons. The van der Waals surface area contributed by atoms with E-state index in [4.69, 9.17) is 0 Å². The summed E-state index contributed by atoms with van der Waals surface area (Å²) in [5.74, 6) is -0.484. The van der Waals surface area contributed by atoms with Crippen LogP contribution >= 0.6 is 11.3 Å². The van der Waals surface area contributed by atoms with Crippen molar-refractivity contribution < 1.29 is 4.79 Å². The first kappa shape index (κ1) is 22.7. The fraction of sp³-hybridized carbons (Fsp3) is 0.207. The lowest BCUT2D eigenvalue weighted by molar-refractivity contribution is -0.112. The summed E-state index contributed by atoms with van der Waals surface area (Å²) in [4.78, 5) is 14.3. The third kappa shape index (κ3) is 4.25. The van der Waals surface area contributed by atoms with Crippen molar-refractivity contribution in [1.82, 2.24) is 4.57 Å². The number of carbonyl (C=O) groups is 1. The Balaban J connectivity index is 1.52. The highest BCUT2D eigenvalue weighted by Crippen LogP contribution is 2.38. The van der Waals surface area contributed by atoms with Crippen molar-refractivity contribution in [2.75, 3.05) is 5.32 Å². The molecule has 0 spiro atoms. The van der Waals surface area contributed by atoms with Crippen molar-refractivity contribution in [1.29, 1.82) is 10.5 Å². The van der Waals surface area contributed by atoms with Crippen LogP contribution in [0.1, 0.15) is 45.7 Å². The van der Waals surface area contributed by atoms with E-state index in [1.165, 1.54) is 21.8 Å². The molecular weight excluding hydrogens is 452 g/mol. The number of nitrogens with one attached hydrogen (secondary N) is 1. The first-order valence-electron chi connectivity index (χ1n) is 11.7. The Morgan fingerprint density at radius 1 is 1.09 bits per heavy atom. The van der Waals surface area contributed by atoms with E-state index in [1.54, 1.807) is 6.08 Å². The number of benzene rings is 2. The van der Waals surface area contributed by atoms with E-state index in [0.29, 0.717) is 17.1 Å². The van der Waals surface area contributed by atoms with E-state index in [1.807, 2.05) is 43.3 Å². The summed E-state index contributed by atoms with van der Waals surface area (Å²) in [6, 6.07) is 22.6. The molecule has 0 saturated heterocycles. The highest BCUT2D eigenvalue weighted by molar-refractivity contribution is 7.16. The molecule has 0 bridgehead atoms.